The molecule has 0 aliphatic heterocycles. The van der Waals surface area contributed by atoms with Gasteiger partial charge >= 0.3 is 6.03 Å². The van der Waals surface area contributed by atoms with Crippen LogP contribution in [0.25, 0.3) is 0 Å². The summed E-state index contributed by atoms with van der Waals surface area (Å²) in [6, 6.07) is 10.0. The van der Waals surface area contributed by atoms with Crippen molar-refractivity contribution in [3.63, 3.8) is 0 Å². The van der Waals surface area contributed by atoms with Gasteiger partial charge in [-0.2, -0.15) is 0 Å². The van der Waals surface area contributed by atoms with Crippen molar-refractivity contribution in [3.05, 3.63) is 48.2 Å². The third-order valence-electron chi connectivity index (χ3n) is 3.52. The minimum Gasteiger partial charge on any atom is -0.338 e. The zero-order valence-corrected chi connectivity index (χ0v) is 11.3. The Bertz CT molecular complexity index is 408. The summed E-state index contributed by atoms with van der Waals surface area (Å²) in [6.45, 7) is 0.660. The van der Waals surface area contributed by atoms with Crippen LogP contribution < -0.4 is 10.6 Å². The smallest absolute Gasteiger partial charge is 0.318 e. The van der Waals surface area contributed by atoms with Gasteiger partial charge in [-0.05, 0) is 30.7 Å². The van der Waals surface area contributed by atoms with Gasteiger partial charge in [0.05, 0.1) is 0 Å². The molecule has 3 nitrogen and oxygen atoms in total. The van der Waals surface area contributed by atoms with Crippen molar-refractivity contribution in [2.24, 2.45) is 5.92 Å². The molecule has 0 bridgehead atoms. The molecule has 2 N–H and O–H groups in total. The second-order valence-corrected chi connectivity index (χ2v) is 5.04. The van der Waals surface area contributed by atoms with Crippen LogP contribution in [0.1, 0.15) is 31.2 Å². The Labute approximate surface area is 115 Å². The van der Waals surface area contributed by atoms with Crippen molar-refractivity contribution in [2.75, 3.05) is 6.54 Å². The SMILES string of the molecule is O=C(N/C=C/C1CCCC1)NCCc1ccccc1. The molecule has 0 saturated heterocycles. The Balaban J connectivity index is 1.59. The molecule has 1 aliphatic carbocycles. The molecule has 0 radical (unpaired) electrons. The van der Waals surface area contributed by atoms with E-state index < -0.39 is 0 Å². The Hall–Kier alpha value is -1.77. The van der Waals surface area contributed by atoms with Gasteiger partial charge < -0.3 is 10.6 Å². The summed E-state index contributed by atoms with van der Waals surface area (Å²) in [5.41, 5.74) is 1.24. The van der Waals surface area contributed by atoms with E-state index in [4.69, 9.17) is 0 Å². The van der Waals surface area contributed by atoms with Gasteiger partial charge in [0.1, 0.15) is 0 Å². The van der Waals surface area contributed by atoms with Crippen molar-refractivity contribution in [1.29, 1.82) is 0 Å². The largest absolute Gasteiger partial charge is 0.338 e. The third-order valence-corrected chi connectivity index (χ3v) is 3.52. The third kappa shape index (κ3) is 5.16. The maximum atomic E-state index is 11.5. The molecule has 3 heteroatoms. The number of amides is 2. The van der Waals surface area contributed by atoms with Crippen molar-refractivity contribution in [3.8, 4) is 0 Å². The highest BCUT2D eigenvalue weighted by atomic mass is 16.2. The van der Waals surface area contributed by atoms with E-state index in [1.807, 2.05) is 18.2 Å². The first-order valence-electron chi connectivity index (χ1n) is 7.09. The summed E-state index contributed by atoms with van der Waals surface area (Å²) >= 11 is 0. The Morgan fingerprint density at radius 1 is 1.21 bits per heavy atom. The molecule has 0 atom stereocenters. The first-order chi connectivity index (χ1) is 9.34. The molecule has 1 aliphatic rings. The van der Waals surface area contributed by atoms with Crippen molar-refractivity contribution < 1.29 is 4.79 Å². The van der Waals surface area contributed by atoms with Crippen molar-refractivity contribution in [2.45, 2.75) is 32.1 Å². The lowest BCUT2D eigenvalue weighted by Gasteiger charge is -2.05. The summed E-state index contributed by atoms with van der Waals surface area (Å²) in [4.78, 5) is 11.5. The standard InChI is InChI=1S/C16H22N2O/c19-16(18-13-11-15-8-4-5-9-15)17-12-10-14-6-2-1-3-7-14/h1-3,6-7,11,13,15H,4-5,8-10,12H2,(H2,17,18,19)/b13-11+. The van der Waals surface area contributed by atoms with E-state index in [0.717, 1.165) is 6.42 Å². The van der Waals surface area contributed by atoms with Gasteiger partial charge in [-0.15, -0.1) is 0 Å². The molecule has 0 heterocycles. The van der Waals surface area contributed by atoms with Gasteiger partial charge in [0.15, 0.2) is 0 Å². The molecule has 19 heavy (non-hydrogen) atoms. The fraction of sp³-hybridized carbons (Fsp3) is 0.438. The van der Waals surface area contributed by atoms with Gasteiger partial charge in [0.25, 0.3) is 0 Å². The van der Waals surface area contributed by atoms with Crippen molar-refractivity contribution in [1.82, 2.24) is 10.6 Å². The maximum Gasteiger partial charge on any atom is 0.318 e. The zero-order chi connectivity index (χ0) is 13.3. The number of hydrogen-bond acceptors (Lipinski definition) is 1. The number of allylic oxidation sites excluding steroid dienone is 1. The molecule has 0 aromatic heterocycles. The van der Waals surface area contributed by atoms with Crippen LogP contribution in [0.15, 0.2) is 42.6 Å². The lowest BCUT2D eigenvalue weighted by Crippen LogP contribution is -2.33. The van der Waals surface area contributed by atoms with E-state index in [-0.39, 0.29) is 6.03 Å². The van der Waals surface area contributed by atoms with Crippen LogP contribution in [0.5, 0.6) is 0 Å². The normalized spacial score (nSPS) is 15.8. The molecule has 2 rings (SSSR count). The fourth-order valence-corrected chi connectivity index (χ4v) is 2.43. The first kappa shape index (κ1) is 13.7. The minimum absolute atomic E-state index is 0.120. The molecule has 0 spiro atoms. The molecule has 1 aromatic carbocycles. The quantitative estimate of drug-likeness (QED) is 0.836. The summed E-state index contributed by atoms with van der Waals surface area (Å²) in [7, 11) is 0. The number of carbonyl (C=O) groups excluding carboxylic acids is 1. The number of hydrogen-bond donors (Lipinski definition) is 2. The van der Waals surface area contributed by atoms with Gasteiger partial charge in [-0.3, -0.25) is 0 Å². The van der Waals surface area contributed by atoms with E-state index >= 15 is 0 Å². The molecular weight excluding hydrogens is 236 g/mol. The van der Waals surface area contributed by atoms with Crippen LogP contribution in [-0.2, 0) is 6.42 Å². The number of rotatable bonds is 5. The second-order valence-electron chi connectivity index (χ2n) is 5.04. The van der Waals surface area contributed by atoms with Gasteiger partial charge in [0.2, 0.25) is 0 Å². The molecule has 0 unspecified atom stereocenters. The summed E-state index contributed by atoms with van der Waals surface area (Å²) in [6.07, 6.45) is 9.91. The van der Waals surface area contributed by atoms with Crippen molar-refractivity contribution >= 4 is 6.03 Å². The van der Waals surface area contributed by atoms with Gasteiger partial charge in [-0.1, -0.05) is 49.2 Å². The molecular formula is C16H22N2O. The van der Waals surface area contributed by atoms with E-state index in [1.165, 1.54) is 31.2 Å². The first-order valence-corrected chi connectivity index (χ1v) is 7.09. The van der Waals surface area contributed by atoms with E-state index in [2.05, 4.69) is 28.8 Å². The minimum atomic E-state index is -0.120. The summed E-state index contributed by atoms with van der Waals surface area (Å²) < 4.78 is 0. The number of urea groups is 1. The highest BCUT2D eigenvalue weighted by molar-refractivity contribution is 5.74. The van der Waals surface area contributed by atoms with Crippen LogP contribution in [0.3, 0.4) is 0 Å². The molecule has 102 valence electrons. The van der Waals surface area contributed by atoms with Crippen LogP contribution in [0, 0.1) is 5.92 Å². The highest BCUT2D eigenvalue weighted by Gasteiger charge is 2.10. The number of nitrogens with one attached hydrogen (secondary N) is 2. The fourth-order valence-electron chi connectivity index (χ4n) is 2.43. The summed E-state index contributed by atoms with van der Waals surface area (Å²) in [5, 5.41) is 5.62. The van der Waals surface area contributed by atoms with Crippen LogP contribution >= 0.6 is 0 Å². The maximum absolute atomic E-state index is 11.5. The highest BCUT2D eigenvalue weighted by Crippen LogP contribution is 2.25. The number of carbonyl (C=O) groups is 1. The van der Waals surface area contributed by atoms with E-state index in [0.29, 0.717) is 12.5 Å². The average molecular weight is 258 g/mol. The molecule has 2 amide bonds. The van der Waals surface area contributed by atoms with E-state index in [9.17, 15) is 4.79 Å². The Morgan fingerprint density at radius 3 is 2.68 bits per heavy atom. The summed E-state index contributed by atoms with van der Waals surface area (Å²) in [5.74, 6) is 0.657. The zero-order valence-electron chi connectivity index (χ0n) is 11.3. The van der Waals surface area contributed by atoms with E-state index in [1.54, 1.807) is 6.20 Å². The average Bonchev–Trinajstić information content (AvgIpc) is 2.93. The second kappa shape index (κ2) is 7.62. The predicted molar refractivity (Wildman–Crippen MR) is 77.8 cm³/mol. The van der Waals surface area contributed by atoms with Gasteiger partial charge in [-0.25, -0.2) is 4.79 Å². The molecule has 1 fully saturated rings. The lowest BCUT2D eigenvalue weighted by molar-refractivity contribution is 0.244. The van der Waals surface area contributed by atoms with Crippen LogP contribution in [-0.4, -0.2) is 12.6 Å². The number of benzene rings is 1. The lowest BCUT2D eigenvalue weighted by atomic mass is 10.1. The Morgan fingerprint density at radius 2 is 1.95 bits per heavy atom. The molecule has 1 saturated carbocycles. The van der Waals surface area contributed by atoms with Gasteiger partial charge in [0, 0.05) is 12.7 Å². The monoisotopic (exact) mass is 258 g/mol. The Kier molecular flexibility index (Phi) is 5.48. The van der Waals surface area contributed by atoms with Crippen LogP contribution in [0.4, 0.5) is 4.79 Å². The van der Waals surface area contributed by atoms with Crippen LogP contribution in [0.2, 0.25) is 0 Å². The molecule has 1 aromatic rings. The predicted octanol–water partition coefficient (Wildman–Crippen LogP) is 3.23. The topological polar surface area (TPSA) is 41.1 Å².